The lowest BCUT2D eigenvalue weighted by molar-refractivity contribution is -0.128. The Morgan fingerprint density at radius 1 is 1.06 bits per heavy atom. The summed E-state index contributed by atoms with van der Waals surface area (Å²) in [6, 6.07) is 0.130. The van der Waals surface area contributed by atoms with Gasteiger partial charge in [0, 0.05) is 6.04 Å². The summed E-state index contributed by atoms with van der Waals surface area (Å²) in [5, 5.41) is 4.91. The highest BCUT2D eigenvalue weighted by atomic mass is 19.4. The highest BCUT2D eigenvalue weighted by molar-refractivity contribution is 5.78. The second-order valence-electron chi connectivity index (χ2n) is 4.83. The Bertz CT molecular complexity index is 248. The number of hydrogen-bond donors (Lipinski definition) is 2. The molecule has 1 saturated carbocycles. The van der Waals surface area contributed by atoms with Gasteiger partial charge in [-0.25, -0.2) is 0 Å². The van der Waals surface area contributed by atoms with Crippen molar-refractivity contribution in [1.29, 1.82) is 0 Å². The number of rotatable bonds is 4. The van der Waals surface area contributed by atoms with E-state index in [1.807, 2.05) is 0 Å². The van der Waals surface area contributed by atoms with Gasteiger partial charge in [-0.15, -0.1) is 0 Å². The van der Waals surface area contributed by atoms with E-state index in [0.29, 0.717) is 0 Å². The molecule has 0 saturated heterocycles. The lowest BCUT2D eigenvalue weighted by Gasteiger charge is -2.21. The minimum atomic E-state index is -4.26. The van der Waals surface area contributed by atoms with Crippen LogP contribution in [0.2, 0.25) is 0 Å². The summed E-state index contributed by atoms with van der Waals surface area (Å²) >= 11 is 0. The Morgan fingerprint density at radius 2 is 1.61 bits per heavy atom. The maximum absolute atomic E-state index is 11.9. The normalized spacial score (nSPS) is 19.1. The maximum atomic E-state index is 11.9. The molecule has 0 bridgehead atoms. The van der Waals surface area contributed by atoms with Gasteiger partial charge in [-0.3, -0.25) is 4.79 Å². The zero-order valence-electron chi connectivity index (χ0n) is 10.5. The largest absolute Gasteiger partial charge is 0.401 e. The van der Waals surface area contributed by atoms with Crippen LogP contribution in [0.1, 0.15) is 44.9 Å². The minimum absolute atomic E-state index is 0.130. The Kier molecular flexibility index (Phi) is 6.46. The van der Waals surface area contributed by atoms with E-state index in [9.17, 15) is 18.0 Å². The number of hydrogen-bond acceptors (Lipinski definition) is 2. The zero-order chi connectivity index (χ0) is 13.4. The van der Waals surface area contributed by atoms with Crippen LogP contribution < -0.4 is 10.6 Å². The number of halogens is 3. The van der Waals surface area contributed by atoms with Crippen molar-refractivity contribution in [2.75, 3.05) is 13.1 Å². The Balaban J connectivity index is 2.17. The second-order valence-corrected chi connectivity index (χ2v) is 4.83. The lowest BCUT2D eigenvalue weighted by Crippen LogP contribution is -2.42. The summed E-state index contributed by atoms with van der Waals surface area (Å²) < 4.78 is 35.6. The van der Waals surface area contributed by atoms with Crippen molar-refractivity contribution in [2.24, 2.45) is 0 Å². The number of nitrogens with one attached hydrogen (secondary N) is 2. The first kappa shape index (κ1) is 15.3. The minimum Gasteiger partial charge on any atom is -0.352 e. The van der Waals surface area contributed by atoms with Gasteiger partial charge in [0.2, 0.25) is 5.91 Å². The fourth-order valence-electron chi connectivity index (χ4n) is 2.20. The lowest BCUT2D eigenvalue weighted by atomic mass is 9.97. The van der Waals surface area contributed by atoms with E-state index in [0.717, 1.165) is 25.7 Å². The molecule has 1 aliphatic carbocycles. The van der Waals surface area contributed by atoms with Crippen molar-refractivity contribution in [3.05, 3.63) is 0 Å². The van der Waals surface area contributed by atoms with E-state index in [1.165, 1.54) is 19.3 Å². The molecule has 0 aromatic heterocycles. The van der Waals surface area contributed by atoms with Crippen molar-refractivity contribution < 1.29 is 18.0 Å². The molecule has 0 aromatic rings. The number of alkyl halides is 3. The van der Waals surface area contributed by atoms with Gasteiger partial charge in [-0.2, -0.15) is 13.2 Å². The molecule has 0 atom stereocenters. The molecule has 0 spiro atoms. The van der Waals surface area contributed by atoms with Crippen LogP contribution in [0, 0.1) is 0 Å². The molecule has 2 N–H and O–H groups in total. The van der Waals surface area contributed by atoms with Crippen LogP contribution >= 0.6 is 0 Å². The smallest absolute Gasteiger partial charge is 0.352 e. The molecular formula is C12H21F3N2O. The van der Waals surface area contributed by atoms with Crippen LogP contribution in [0.25, 0.3) is 0 Å². The Hall–Kier alpha value is -0.780. The highest BCUT2D eigenvalue weighted by Crippen LogP contribution is 2.17. The predicted molar refractivity (Wildman–Crippen MR) is 63.2 cm³/mol. The quantitative estimate of drug-likeness (QED) is 0.820. The number of amides is 1. The zero-order valence-corrected chi connectivity index (χ0v) is 10.5. The summed E-state index contributed by atoms with van der Waals surface area (Å²) in [5.41, 5.74) is 0. The third kappa shape index (κ3) is 7.53. The Labute approximate surface area is 106 Å². The molecule has 106 valence electrons. The van der Waals surface area contributed by atoms with Crippen molar-refractivity contribution in [1.82, 2.24) is 10.6 Å². The third-order valence-corrected chi connectivity index (χ3v) is 3.08. The van der Waals surface area contributed by atoms with Crippen LogP contribution in [0.4, 0.5) is 13.2 Å². The molecule has 1 aliphatic rings. The molecule has 1 rings (SSSR count). The fraction of sp³-hybridized carbons (Fsp3) is 0.917. The first-order valence-corrected chi connectivity index (χ1v) is 6.54. The highest BCUT2D eigenvalue weighted by Gasteiger charge is 2.26. The standard InChI is InChI=1S/C12H21F3N2O/c13-12(14,15)9-16-8-11(18)17-10-6-4-2-1-3-5-7-10/h10,16H,1-9H2,(H,17,18). The molecule has 3 nitrogen and oxygen atoms in total. The van der Waals surface area contributed by atoms with Crippen molar-refractivity contribution >= 4 is 5.91 Å². The molecule has 0 unspecified atom stereocenters. The Morgan fingerprint density at radius 3 is 2.17 bits per heavy atom. The summed E-state index contributed by atoms with van der Waals surface area (Å²) in [5.74, 6) is -0.343. The monoisotopic (exact) mass is 266 g/mol. The fourth-order valence-corrected chi connectivity index (χ4v) is 2.20. The molecule has 0 aromatic carbocycles. The summed E-state index contributed by atoms with van der Waals surface area (Å²) in [6.07, 6.45) is 3.38. The third-order valence-electron chi connectivity index (χ3n) is 3.08. The van der Waals surface area contributed by atoms with Crippen LogP contribution in [-0.4, -0.2) is 31.2 Å². The van der Waals surface area contributed by atoms with Crippen LogP contribution in [0.5, 0.6) is 0 Å². The molecule has 0 heterocycles. The van der Waals surface area contributed by atoms with Crippen LogP contribution in [-0.2, 0) is 4.79 Å². The van der Waals surface area contributed by atoms with E-state index < -0.39 is 12.7 Å². The van der Waals surface area contributed by atoms with Crippen molar-refractivity contribution in [3.63, 3.8) is 0 Å². The van der Waals surface area contributed by atoms with Gasteiger partial charge in [-0.05, 0) is 12.8 Å². The van der Waals surface area contributed by atoms with Gasteiger partial charge in [0.25, 0.3) is 0 Å². The number of carbonyl (C=O) groups excluding carboxylic acids is 1. The first-order valence-electron chi connectivity index (χ1n) is 6.54. The topological polar surface area (TPSA) is 41.1 Å². The van der Waals surface area contributed by atoms with Crippen LogP contribution in [0.3, 0.4) is 0 Å². The van der Waals surface area contributed by atoms with E-state index in [4.69, 9.17) is 0 Å². The molecule has 0 aliphatic heterocycles. The first-order chi connectivity index (χ1) is 8.47. The summed E-state index contributed by atoms with van der Waals surface area (Å²) in [4.78, 5) is 11.5. The second kappa shape index (κ2) is 7.61. The van der Waals surface area contributed by atoms with Gasteiger partial charge in [0.1, 0.15) is 0 Å². The molecule has 18 heavy (non-hydrogen) atoms. The predicted octanol–water partition coefficient (Wildman–Crippen LogP) is 2.37. The van der Waals surface area contributed by atoms with Gasteiger partial charge in [-0.1, -0.05) is 32.1 Å². The van der Waals surface area contributed by atoms with Crippen molar-refractivity contribution in [2.45, 2.75) is 57.2 Å². The van der Waals surface area contributed by atoms with Crippen LogP contribution in [0.15, 0.2) is 0 Å². The summed E-state index contributed by atoms with van der Waals surface area (Å²) in [7, 11) is 0. The van der Waals surface area contributed by atoms with Crippen molar-refractivity contribution in [3.8, 4) is 0 Å². The molecule has 1 amide bonds. The number of carbonyl (C=O) groups is 1. The van der Waals surface area contributed by atoms with E-state index in [-0.39, 0.29) is 18.5 Å². The summed E-state index contributed by atoms with van der Waals surface area (Å²) in [6.45, 7) is -1.39. The molecule has 6 heteroatoms. The molecule has 0 radical (unpaired) electrons. The maximum Gasteiger partial charge on any atom is 0.401 e. The van der Waals surface area contributed by atoms with Gasteiger partial charge in [0.15, 0.2) is 0 Å². The molecule has 1 fully saturated rings. The molecular weight excluding hydrogens is 245 g/mol. The van der Waals surface area contributed by atoms with Gasteiger partial charge < -0.3 is 10.6 Å². The SMILES string of the molecule is O=C(CNCC(F)(F)F)NC1CCCCCCC1. The van der Waals surface area contributed by atoms with E-state index in [1.54, 1.807) is 0 Å². The average molecular weight is 266 g/mol. The van der Waals surface area contributed by atoms with E-state index in [2.05, 4.69) is 10.6 Å². The van der Waals surface area contributed by atoms with Gasteiger partial charge >= 0.3 is 6.18 Å². The van der Waals surface area contributed by atoms with Gasteiger partial charge in [0.05, 0.1) is 13.1 Å². The average Bonchev–Trinajstić information content (AvgIpc) is 2.20. The van der Waals surface area contributed by atoms with E-state index >= 15 is 0 Å².